The first kappa shape index (κ1) is 13.6. The number of rotatable bonds is 3. The van der Waals surface area contributed by atoms with Gasteiger partial charge in [0.1, 0.15) is 0 Å². The summed E-state index contributed by atoms with van der Waals surface area (Å²) in [5, 5.41) is 3.82. The molecule has 1 saturated carbocycles. The summed E-state index contributed by atoms with van der Waals surface area (Å²) in [4.78, 5) is 0. The summed E-state index contributed by atoms with van der Waals surface area (Å²) in [5.74, 6) is 1.72. The zero-order valence-corrected chi connectivity index (χ0v) is 12.2. The van der Waals surface area contributed by atoms with E-state index in [1.54, 1.807) is 0 Å². The molecular formula is C17H27N. The van der Waals surface area contributed by atoms with E-state index in [1.807, 2.05) is 0 Å². The second-order valence-electron chi connectivity index (χ2n) is 6.30. The van der Waals surface area contributed by atoms with Gasteiger partial charge in [0, 0.05) is 12.1 Å². The first-order chi connectivity index (χ1) is 8.56. The van der Waals surface area contributed by atoms with Gasteiger partial charge in [0.15, 0.2) is 0 Å². The molecule has 1 aliphatic carbocycles. The van der Waals surface area contributed by atoms with E-state index in [-0.39, 0.29) is 0 Å². The highest BCUT2D eigenvalue weighted by atomic mass is 15.0. The smallest absolute Gasteiger partial charge is 0.0294 e. The lowest BCUT2D eigenvalue weighted by Crippen LogP contribution is -2.40. The molecule has 4 atom stereocenters. The number of hydrogen-bond acceptors (Lipinski definition) is 1. The maximum Gasteiger partial charge on any atom is 0.0294 e. The largest absolute Gasteiger partial charge is 0.307 e. The van der Waals surface area contributed by atoms with Crippen LogP contribution in [-0.4, -0.2) is 6.04 Å². The minimum absolute atomic E-state index is 0.464. The van der Waals surface area contributed by atoms with Crippen molar-refractivity contribution < 1.29 is 0 Å². The second-order valence-corrected chi connectivity index (χ2v) is 6.30. The van der Waals surface area contributed by atoms with Crippen molar-refractivity contribution in [3.05, 3.63) is 35.4 Å². The maximum absolute atomic E-state index is 3.82. The van der Waals surface area contributed by atoms with Gasteiger partial charge >= 0.3 is 0 Å². The van der Waals surface area contributed by atoms with E-state index in [9.17, 15) is 0 Å². The Morgan fingerprint density at radius 1 is 1.11 bits per heavy atom. The molecule has 1 fully saturated rings. The van der Waals surface area contributed by atoms with E-state index in [4.69, 9.17) is 0 Å². The normalized spacial score (nSPS) is 30.1. The molecule has 1 aliphatic rings. The molecule has 1 heteroatoms. The van der Waals surface area contributed by atoms with E-state index in [2.05, 4.69) is 57.3 Å². The minimum Gasteiger partial charge on any atom is -0.307 e. The van der Waals surface area contributed by atoms with Gasteiger partial charge in [-0.1, -0.05) is 43.7 Å². The Labute approximate surface area is 112 Å². The lowest BCUT2D eigenvalue weighted by molar-refractivity contribution is 0.216. The Kier molecular flexibility index (Phi) is 4.45. The topological polar surface area (TPSA) is 12.0 Å². The summed E-state index contributed by atoms with van der Waals surface area (Å²) in [6, 6.07) is 10.1. The van der Waals surface area contributed by atoms with Crippen molar-refractivity contribution in [2.75, 3.05) is 0 Å². The van der Waals surface area contributed by atoms with Crippen LogP contribution in [0.3, 0.4) is 0 Å². The number of nitrogens with one attached hydrogen (secondary N) is 1. The zero-order valence-electron chi connectivity index (χ0n) is 12.2. The van der Waals surface area contributed by atoms with Crippen molar-refractivity contribution in [3.8, 4) is 0 Å². The van der Waals surface area contributed by atoms with Crippen LogP contribution in [0.15, 0.2) is 24.3 Å². The molecule has 2 rings (SSSR count). The van der Waals surface area contributed by atoms with Crippen LogP contribution in [0, 0.1) is 18.8 Å². The predicted octanol–water partition coefficient (Wildman–Crippen LogP) is 4.47. The molecule has 18 heavy (non-hydrogen) atoms. The molecule has 0 aliphatic heterocycles. The first-order valence-corrected chi connectivity index (χ1v) is 7.39. The third-order valence-corrected chi connectivity index (χ3v) is 4.47. The molecule has 0 amide bonds. The van der Waals surface area contributed by atoms with Crippen molar-refractivity contribution in [1.29, 1.82) is 0 Å². The van der Waals surface area contributed by atoms with Crippen LogP contribution < -0.4 is 5.32 Å². The molecule has 0 radical (unpaired) electrons. The average Bonchev–Trinajstić information content (AvgIpc) is 2.33. The van der Waals surface area contributed by atoms with Crippen molar-refractivity contribution in [3.63, 3.8) is 0 Å². The number of aryl methyl sites for hydroxylation is 1. The highest BCUT2D eigenvalue weighted by molar-refractivity contribution is 5.23. The molecule has 0 aromatic heterocycles. The highest BCUT2D eigenvalue weighted by Crippen LogP contribution is 2.30. The summed E-state index contributed by atoms with van der Waals surface area (Å²) < 4.78 is 0. The SMILES string of the molecule is Cc1ccc([C@H](C)NC2CCC(C)CC2C)cc1. The highest BCUT2D eigenvalue weighted by Gasteiger charge is 2.26. The summed E-state index contributed by atoms with van der Waals surface area (Å²) in [6.07, 6.45) is 4.08. The monoisotopic (exact) mass is 245 g/mol. The standard InChI is InChI=1S/C17H27N/c1-12-5-8-16(9-6-12)15(4)18-17-10-7-13(2)11-14(17)3/h5-6,8-9,13-15,17-18H,7,10-11H2,1-4H3/t13?,14?,15-,17?/m0/s1. The third kappa shape index (κ3) is 3.35. The van der Waals surface area contributed by atoms with Gasteiger partial charge in [0.25, 0.3) is 0 Å². The Hall–Kier alpha value is -0.820. The van der Waals surface area contributed by atoms with Gasteiger partial charge in [-0.3, -0.25) is 0 Å². The van der Waals surface area contributed by atoms with Crippen LogP contribution in [0.5, 0.6) is 0 Å². The maximum atomic E-state index is 3.82. The predicted molar refractivity (Wildman–Crippen MR) is 78.7 cm³/mol. The molecule has 1 N–H and O–H groups in total. The number of hydrogen-bond donors (Lipinski definition) is 1. The molecule has 1 aromatic carbocycles. The van der Waals surface area contributed by atoms with Gasteiger partial charge in [-0.05, 0) is 50.5 Å². The molecule has 0 heterocycles. The number of benzene rings is 1. The average molecular weight is 245 g/mol. The van der Waals surface area contributed by atoms with E-state index >= 15 is 0 Å². The molecule has 1 nitrogen and oxygen atoms in total. The van der Waals surface area contributed by atoms with Crippen LogP contribution in [0.2, 0.25) is 0 Å². The van der Waals surface area contributed by atoms with E-state index in [1.165, 1.54) is 30.4 Å². The fraction of sp³-hybridized carbons (Fsp3) is 0.647. The first-order valence-electron chi connectivity index (χ1n) is 7.39. The minimum atomic E-state index is 0.464. The van der Waals surface area contributed by atoms with E-state index in [0.717, 1.165) is 11.8 Å². The molecule has 3 unspecified atom stereocenters. The van der Waals surface area contributed by atoms with Crippen LogP contribution in [0.1, 0.15) is 57.2 Å². The molecule has 0 bridgehead atoms. The quantitative estimate of drug-likeness (QED) is 0.828. The van der Waals surface area contributed by atoms with Crippen molar-refractivity contribution in [2.24, 2.45) is 11.8 Å². The van der Waals surface area contributed by atoms with Gasteiger partial charge in [-0.15, -0.1) is 0 Å². The summed E-state index contributed by atoms with van der Waals surface area (Å²) in [6.45, 7) is 9.22. The van der Waals surface area contributed by atoms with E-state index < -0.39 is 0 Å². The zero-order chi connectivity index (χ0) is 13.1. The van der Waals surface area contributed by atoms with Crippen LogP contribution in [-0.2, 0) is 0 Å². The third-order valence-electron chi connectivity index (χ3n) is 4.47. The Morgan fingerprint density at radius 3 is 2.39 bits per heavy atom. The lowest BCUT2D eigenvalue weighted by Gasteiger charge is -2.35. The molecule has 100 valence electrons. The van der Waals surface area contributed by atoms with Gasteiger partial charge < -0.3 is 5.32 Å². The van der Waals surface area contributed by atoms with Crippen LogP contribution in [0.4, 0.5) is 0 Å². The lowest BCUT2D eigenvalue weighted by atomic mass is 9.79. The fourth-order valence-corrected chi connectivity index (χ4v) is 3.19. The summed E-state index contributed by atoms with van der Waals surface area (Å²) in [5.41, 5.74) is 2.75. The molecule has 0 spiro atoms. The van der Waals surface area contributed by atoms with Crippen molar-refractivity contribution in [2.45, 2.75) is 59.0 Å². The van der Waals surface area contributed by atoms with E-state index in [0.29, 0.717) is 12.1 Å². The van der Waals surface area contributed by atoms with Crippen LogP contribution in [0.25, 0.3) is 0 Å². The van der Waals surface area contributed by atoms with Gasteiger partial charge in [-0.2, -0.15) is 0 Å². The van der Waals surface area contributed by atoms with Crippen molar-refractivity contribution >= 4 is 0 Å². The Bertz CT molecular complexity index is 368. The molecular weight excluding hydrogens is 218 g/mol. The Morgan fingerprint density at radius 2 is 1.78 bits per heavy atom. The Balaban J connectivity index is 1.94. The van der Waals surface area contributed by atoms with Crippen LogP contribution >= 0.6 is 0 Å². The van der Waals surface area contributed by atoms with Gasteiger partial charge in [-0.25, -0.2) is 0 Å². The second kappa shape index (κ2) is 5.88. The van der Waals surface area contributed by atoms with Crippen molar-refractivity contribution in [1.82, 2.24) is 5.32 Å². The summed E-state index contributed by atoms with van der Waals surface area (Å²) in [7, 11) is 0. The fourth-order valence-electron chi connectivity index (χ4n) is 3.19. The van der Waals surface area contributed by atoms with Gasteiger partial charge in [0.05, 0.1) is 0 Å². The molecule has 0 saturated heterocycles. The van der Waals surface area contributed by atoms with Gasteiger partial charge in [0.2, 0.25) is 0 Å². The molecule has 1 aromatic rings. The summed E-state index contributed by atoms with van der Waals surface area (Å²) >= 11 is 0.